The molecular formula is C36H37ClF4N6O3S. The number of hydrogen-bond donors (Lipinski definition) is 1. The molecule has 6 heterocycles. The van der Waals surface area contributed by atoms with E-state index < -0.39 is 24.3 Å². The van der Waals surface area contributed by atoms with Gasteiger partial charge in [-0.3, -0.25) is 4.90 Å². The van der Waals surface area contributed by atoms with Crippen molar-refractivity contribution in [3.05, 3.63) is 34.4 Å². The molecule has 3 saturated heterocycles. The van der Waals surface area contributed by atoms with E-state index in [0.29, 0.717) is 25.4 Å². The molecule has 0 aliphatic carbocycles. The second kappa shape index (κ2) is 13.4. The summed E-state index contributed by atoms with van der Waals surface area (Å²) in [6, 6.07) is 3.84. The third-order valence-corrected chi connectivity index (χ3v) is 12.5. The Labute approximate surface area is 301 Å². The maximum absolute atomic E-state index is 17.4. The first kappa shape index (κ1) is 34.4. The maximum Gasteiger partial charge on any atom is 0.345 e. The van der Waals surface area contributed by atoms with E-state index in [-0.39, 0.29) is 90.1 Å². The number of aromatic nitrogens is 2. The lowest BCUT2D eigenvalue weighted by molar-refractivity contribution is -0.132. The van der Waals surface area contributed by atoms with Crippen molar-refractivity contribution in [3.63, 3.8) is 0 Å². The number of halogens is 5. The lowest BCUT2D eigenvalue weighted by Crippen LogP contribution is -2.47. The van der Waals surface area contributed by atoms with Crippen molar-refractivity contribution in [2.45, 2.75) is 82.5 Å². The first-order chi connectivity index (χ1) is 24.6. The molecule has 4 aliphatic heterocycles. The molecule has 4 aromatic rings. The maximum atomic E-state index is 17.4. The van der Waals surface area contributed by atoms with E-state index in [4.69, 9.17) is 36.5 Å². The smallest absolute Gasteiger partial charge is 0.345 e. The van der Waals surface area contributed by atoms with Crippen LogP contribution in [-0.4, -0.2) is 72.0 Å². The second-order valence-electron chi connectivity index (χ2n) is 14.2. The molecule has 2 N–H and O–H groups in total. The molecule has 3 unspecified atom stereocenters. The minimum absolute atomic E-state index is 0.0106. The fraction of sp³-hybridized carbons (Fsp3) is 0.528. The van der Waals surface area contributed by atoms with E-state index >= 15 is 8.78 Å². The molecule has 2 aromatic heterocycles. The Hall–Kier alpha value is -3.64. The topological polar surface area (TPSA) is 110 Å². The Bertz CT molecular complexity index is 2060. The van der Waals surface area contributed by atoms with Gasteiger partial charge in [-0.15, -0.1) is 11.3 Å². The summed E-state index contributed by atoms with van der Waals surface area (Å²) in [5.74, 6) is -0.590. The standard InChI is InChI=1S/C36H37ClF4N6O3S/c1-18-13-36(10-4-11-46(36)15-18)17-50-35-44-29-26-30(48-12-9-19-5-2-3-6-20(16-49-34(40)41)47(19)33(26)45-35)27(37)25(28(29)39)21-7-8-23(38)31-24(21)22(14-42)32(43)51-31/h7-8,18-20,34H,2-6,9-13,15-17,43H2,1H3/t18-,19?,20?,36?/m1/s1. The number of benzene rings is 2. The van der Waals surface area contributed by atoms with Crippen LogP contribution in [0.4, 0.5) is 28.4 Å². The van der Waals surface area contributed by atoms with E-state index in [1.165, 1.54) is 12.1 Å². The van der Waals surface area contributed by atoms with E-state index in [1.54, 1.807) is 0 Å². The third-order valence-electron chi connectivity index (χ3n) is 11.1. The lowest BCUT2D eigenvalue weighted by atomic mass is 9.92. The summed E-state index contributed by atoms with van der Waals surface area (Å²) in [6.07, 6.45) is 6.38. The van der Waals surface area contributed by atoms with Crippen LogP contribution in [0.5, 0.6) is 11.8 Å². The van der Waals surface area contributed by atoms with Gasteiger partial charge in [-0.05, 0) is 56.2 Å². The Kier molecular flexibility index (Phi) is 9.05. The number of anilines is 2. The molecule has 0 bridgehead atoms. The summed E-state index contributed by atoms with van der Waals surface area (Å²) in [4.78, 5) is 14.0. The predicted octanol–water partition coefficient (Wildman–Crippen LogP) is 8.29. The summed E-state index contributed by atoms with van der Waals surface area (Å²) >= 11 is 8.00. The van der Waals surface area contributed by atoms with Crippen molar-refractivity contribution in [2.75, 3.05) is 43.5 Å². The van der Waals surface area contributed by atoms with Gasteiger partial charge in [0.25, 0.3) is 0 Å². The molecule has 0 spiro atoms. The molecule has 0 radical (unpaired) electrons. The van der Waals surface area contributed by atoms with Crippen LogP contribution in [0.1, 0.15) is 63.9 Å². The Balaban J connectivity index is 1.37. The van der Waals surface area contributed by atoms with Crippen LogP contribution in [-0.2, 0) is 4.74 Å². The first-order valence-electron chi connectivity index (χ1n) is 17.4. The first-order valence-corrected chi connectivity index (χ1v) is 18.6. The molecule has 4 atom stereocenters. The molecule has 0 amide bonds. The monoisotopic (exact) mass is 744 g/mol. The van der Waals surface area contributed by atoms with Gasteiger partial charge >= 0.3 is 12.6 Å². The number of rotatable bonds is 7. The van der Waals surface area contributed by atoms with Gasteiger partial charge in [-0.2, -0.15) is 24.0 Å². The third kappa shape index (κ3) is 5.81. The number of ether oxygens (including phenoxy) is 3. The van der Waals surface area contributed by atoms with E-state index in [2.05, 4.69) is 16.8 Å². The average Bonchev–Trinajstić information content (AvgIpc) is 3.69. The highest BCUT2D eigenvalue weighted by Crippen LogP contribution is 2.52. The van der Waals surface area contributed by atoms with Gasteiger partial charge in [0, 0.05) is 30.0 Å². The van der Waals surface area contributed by atoms with Gasteiger partial charge in [-0.25, -0.2) is 8.78 Å². The zero-order chi connectivity index (χ0) is 35.6. The van der Waals surface area contributed by atoms with Crippen molar-refractivity contribution in [3.8, 4) is 29.0 Å². The number of hydrogen-bond acceptors (Lipinski definition) is 10. The zero-order valence-corrected chi connectivity index (χ0v) is 29.6. The quantitative estimate of drug-likeness (QED) is 0.187. The van der Waals surface area contributed by atoms with Crippen molar-refractivity contribution < 1.29 is 31.8 Å². The summed E-state index contributed by atoms with van der Waals surface area (Å²) < 4.78 is 77.2. The van der Waals surface area contributed by atoms with Crippen molar-refractivity contribution in [2.24, 2.45) is 5.92 Å². The van der Waals surface area contributed by atoms with Crippen LogP contribution in [0.3, 0.4) is 0 Å². The summed E-state index contributed by atoms with van der Waals surface area (Å²) in [7, 11) is 0. The fourth-order valence-corrected chi connectivity index (χ4v) is 10.3. The number of alkyl halides is 2. The molecule has 8 rings (SSSR count). The predicted molar refractivity (Wildman–Crippen MR) is 188 cm³/mol. The number of thiophene rings is 1. The Morgan fingerprint density at radius 3 is 2.80 bits per heavy atom. The minimum Gasteiger partial charge on any atom is -0.491 e. The van der Waals surface area contributed by atoms with Crippen molar-refractivity contribution in [1.82, 2.24) is 14.9 Å². The average molecular weight is 745 g/mol. The molecule has 4 aliphatic rings. The van der Waals surface area contributed by atoms with Crippen LogP contribution in [0.15, 0.2) is 12.1 Å². The van der Waals surface area contributed by atoms with Crippen molar-refractivity contribution >= 4 is 54.7 Å². The normalized spacial score (nSPS) is 25.0. The number of nitrogens with zero attached hydrogens (tertiary/aromatic N) is 5. The van der Waals surface area contributed by atoms with E-state index in [0.717, 1.165) is 63.0 Å². The van der Waals surface area contributed by atoms with Crippen LogP contribution < -0.4 is 20.1 Å². The molecule has 15 heteroatoms. The largest absolute Gasteiger partial charge is 0.491 e. The van der Waals surface area contributed by atoms with Gasteiger partial charge in [0.05, 0.1) is 45.5 Å². The minimum atomic E-state index is -2.96. The van der Waals surface area contributed by atoms with Crippen LogP contribution in [0.2, 0.25) is 5.02 Å². The highest BCUT2D eigenvalue weighted by Gasteiger charge is 2.48. The summed E-state index contributed by atoms with van der Waals surface area (Å²) in [6.45, 7) is 1.42. The van der Waals surface area contributed by atoms with Gasteiger partial charge in [0.15, 0.2) is 11.6 Å². The summed E-state index contributed by atoms with van der Waals surface area (Å²) in [5.41, 5.74) is 5.82. The Morgan fingerprint density at radius 1 is 1.18 bits per heavy atom. The van der Waals surface area contributed by atoms with Gasteiger partial charge < -0.3 is 24.8 Å². The van der Waals surface area contributed by atoms with Gasteiger partial charge in [-0.1, -0.05) is 37.4 Å². The van der Waals surface area contributed by atoms with Crippen molar-refractivity contribution in [1.29, 1.82) is 5.26 Å². The van der Waals surface area contributed by atoms with Gasteiger partial charge in [0.1, 0.15) is 34.8 Å². The molecule has 2 aromatic carbocycles. The number of nitriles is 1. The highest BCUT2D eigenvalue weighted by molar-refractivity contribution is 7.23. The Morgan fingerprint density at radius 2 is 2.00 bits per heavy atom. The van der Waals surface area contributed by atoms with Crippen LogP contribution in [0.25, 0.3) is 32.1 Å². The lowest BCUT2D eigenvalue weighted by Gasteiger charge is -2.39. The molecule has 3 fully saturated rings. The van der Waals surface area contributed by atoms with E-state index in [1.807, 2.05) is 11.0 Å². The van der Waals surface area contributed by atoms with Gasteiger partial charge in [0.2, 0.25) is 0 Å². The van der Waals surface area contributed by atoms with E-state index in [9.17, 15) is 14.0 Å². The second-order valence-corrected chi connectivity index (χ2v) is 15.7. The molecule has 9 nitrogen and oxygen atoms in total. The SMILES string of the molecule is C[C@H]1CN2CCCC2(COc2nc3c4c(c(Cl)c(-c5ccc(F)c6sc(N)c(C#N)c56)c(F)c4n2)OCCC2CCCCC(COC(F)F)N32)C1. The number of nitrogens with two attached hydrogens (primary N) is 1. The zero-order valence-electron chi connectivity index (χ0n) is 28.0. The molecular weight excluding hydrogens is 708 g/mol. The number of nitrogen functional groups attached to an aromatic ring is 1. The molecule has 51 heavy (non-hydrogen) atoms. The fourth-order valence-electron chi connectivity index (χ4n) is 9.00. The summed E-state index contributed by atoms with van der Waals surface area (Å²) in [5, 5.41) is 10.3. The number of fused-ring (bicyclic) bond motifs is 4. The van der Waals surface area contributed by atoms with Crippen LogP contribution in [0, 0.1) is 28.9 Å². The van der Waals surface area contributed by atoms with Crippen LogP contribution >= 0.6 is 22.9 Å². The highest BCUT2D eigenvalue weighted by atomic mass is 35.5. The molecule has 270 valence electrons. The molecule has 0 saturated carbocycles.